The van der Waals surface area contributed by atoms with E-state index in [-0.39, 0.29) is 32.0 Å². The van der Waals surface area contributed by atoms with Crippen molar-refractivity contribution < 1.29 is 49.0 Å². The zero-order chi connectivity index (χ0) is 37.7. The van der Waals surface area contributed by atoms with E-state index in [1.54, 1.807) is 0 Å². The Morgan fingerprint density at radius 1 is 0.588 bits per heavy atom. The molecule has 1 fully saturated rings. The van der Waals surface area contributed by atoms with Crippen LogP contribution in [0.5, 0.6) is 0 Å². The third-order valence-corrected chi connectivity index (χ3v) is 10.6. The fourth-order valence-electron chi connectivity index (χ4n) is 6.43. The van der Waals surface area contributed by atoms with Crippen LogP contribution in [0.3, 0.4) is 0 Å². The summed E-state index contributed by atoms with van der Waals surface area (Å²) in [6, 6.07) is 0. The molecule has 1 aliphatic rings. The van der Waals surface area contributed by atoms with Gasteiger partial charge in [-0.25, -0.2) is 0 Å². The van der Waals surface area contributed by atoms with Gasteiger partial charge >= 0.3 is 11.9 Å². The summed E-state index contributed by atoms with van der Waals surface area (Å²) in [5.41, 5.74) is 0. The normalized spacial score (nSPS) is 22.4. The first kappa shape index (κ1) is 47.7. The first-order valence-electron chi connectivity index (χ1n) is 20.9. The molecule has 0 bridgehead atoms. The zero-order valence-electron chi connectivity index (χ0n) is 32.9. The molecule has 10 heteroatoms. The van der Waals surface area contributed by atoms with Crippen LogP contribution >= 0.6 is 0 Å². The maximum atomic E-state index is 12.7. The first-order chi connectivity index (χ1) is 24.6. The molecule has 0 amide bonds. The molecule has 0 aromatic heterocycles. The monoisotopic (exact) mass is 731 g/mol. The lowest BCUT2D eigenvalue weighted by Crippen LogP contribution is -2.59. The average Bonchev–Trinajstić information content (AvgIpc) is 3.13. The highest BCUT2D eigenvalue weighted by atomic mass is 16.7. The summed E-state index contributed by atoms with van der Waals surface area (Å²) in [5.74, 6) is 0.860. The van der Waals surface area contributed by atoms with E-state index in [0.717, 1.165) is 50.4 Å². The number of hydrogen-bond acceptors (Lipinski definition) is 10. The summed E-state index contributed by atoms with van der Waals surface area (Å²) in [7, 11) is 0. The van der Waals surface area contributed by atoms with Crippen LogP contribution in [0, 0.1) is 11.8 Å². The summed E-state index contributed by atoms with van der Waals surface area (Å²) < 4.78 is 22.1. The maximum absolute atomic E-state index is 12.7. The van der Waals surface area contributed by atoms with Crippen molar-refractivity contribution >= 4 is 11.9 Å². The van der Waals surface area contributed by atoms with Crippen LogP contribution in [0.2, 0.25) is 0 Å². The fraction of sp³-hybridized carbons (Fsp3) is 0.951. The lowest BCUT2D eigenvalue weighted by molar-refractivity contribution is -0.305. The Labute approximate surface area is 310 Å². The number of unbranched alkanes of at least 4 members (excludes halogenated alkanes) is 16. The number of carbonyl (C=O) groups excluding carboxylic acids is 2. The van der Waals surface area contributed by atoms with Crippen LogP contribution in [0.1, 0.15) is 182 Å². The van der Waals surface area contributed by atoms with Crippen molar-refractivity contribution in [1.29, 1.82) is 0 Å². The molecule has 1 saturated heterocycles. The van der Waals surface area contributed by atoms with Crippen molar-refractivity contribution in [3.63, 3.8) is 0 Å². The molecule has 0 aromatic carbocycles. The predicted molar refractivity (Wildman–Crippen MR) is 201 cm³/mol. The van der Waals surface area contributed by atoms with E-state index in [2.05, 4.69) is 27.7 Å². The Bertz CT molecular complexity index is 839. The van der Waals surface area contributed by atoms with Gasteiger partial charge in [-0.3, -0.25) is 9.59 Å². The van der Waals surface area contributed by atoms with Crippen LogP contribution < -0.4 is 0 Å². The maximum Gasteiger partial charge on any atom is 0.306 e. The Kier molecular flexibility index (Phi) is 29.1. The largest absolute Gasteiger partial charge is 0.462 e. The number of ether oxygens (including phenoxy) is 4. The first-order valence-corrected chi connectivity index (χ1v) is 20.9. The second-order valence-electron chi connectivity index (χ2n) is 15.3. The molecule has 0 spiro atoms. The van der Waals surface area contributed by atoms with Gasteiger partial charge in [-0.05, 0) is 24.7 Å². The molecule has 1 rings (SSSR count). The summed E-state index contributed by atoms with van der Waals surface area (Å²) in [4.78, 5) is 25.2. The number of rotatable bonds is 33. The van der Waals surface area contributed by atoms with E-state index < -0.39 is 49.4 Å². The number of esters is 2. The molecule has 4 N–H and O–H groups in total. The third kappa shape index (κ3) is 23.9. The molecule has 2 unspecified atom stereocenters. The van der Waals surface area contributed by atoms with Crippen molar-refractivity contribution in [2.45, 2.75) is 219 Å². The number of aliphatic hydroxyl groups excluding tert-OH is 4. The van der Waals surface area contributed by atoms with Crippen LogP contribution in [0.4, 0.5) is 0 Å². The van der Waals surface area contributed by atoms with Gasteiger partial charge < -0.3 is 39.4 Å². The molecule has 0 aliphatic carbocycles. The highest BCUT2D eigenvalue weighted by Crippen LogP contribution is 2.23. The van der Waals surface area contributed by atoms with Gasteiger partial charge in [0.2, 0.25) is 0 Å². The SMILES string of the molecule is CCC(C)CCCCCCCCCCCCC(=O)OC[C@@H](CO[C@@H]1O[C@H](CO)[C@H](O)[C@H](O)[C@@H]1O)OC(=O)CCCCCCCCCCC(C)CC. The van der Waals surface area contributed by atoms with E-state index in [9.17, 15) is 30.0 Å². The van der Waals surface area contributed by atoms with Gasteiger partial charge in [0.05, 0.1) is 13.2 Å². The van der Waals surface area contributed by atoms with Crippen molar-refractivity contribution in [3.05, 3.63) is 0 Å². The average molecular weight is 731 g/mol. The minimum absolute atomic E-state index is 0.212. The molecule has 302 valence electrons. The highest BCUT2D eigenvalue weighted by Gasteiger charge is 2.44. The van der Waals surface area contributed by atoms with Gasteiger partial charge in [-0.1, -0.05) is 156 Å². The minimum atomic E-state index is -1.59. The standard InChI is InChI=1S/C41H78O10/c1-5-32(3)25-21-17-13-9-7-8-10-15-19-23-27-36(43)48-30-34(31-49-41-40(47)39(46)38(45)35(29-42)51-41)50-37(44)28-24-20-16-12-11-14-18-22-26-33(4)6-2/h32-35,38-42,45-47H,5-31H2,1-4H3/t32?,33?,34-,35+,38-,39-,40-,41+/m0/s1. The van der Waals surface area contributed by atoms with Crippen molar-refractivity contribution in [1.82, 2.24) is 0 Å². The van der Waals surface area contributed by atoms with Crippen LogP contribution in [0.25, 0.3) is 0 Å². The summed E-state index contributed by atoms with van der Waals surface area (Å²) in [6.07, 6.45) is 18.3. The molecule has 51 heavy (non-hydrogen) atoms. The van der Waals surface area contributed by atoms with Gasteiger partial charge in [-0.15, -0.1) is 0 Å². The van der Waals surface area contributed by atoms with Crippen LogP contribution in [-0.2, 0) is 28.5 Å². The molecule has 8 atom stereocenters. The molecule has 0 saturated carbocycles. The summed E-state index contributed by atoms with van der Waals surface area (Å²) in [6.45, 7) is 8.09. The molecule has 10 nitrogen and oxygen atoms in total. The quantitative estimate of drug-likeness (QED) is 0.0387. The number of hydrogen-bond donors (Lipinski definition) is 4. The predicted octanol–water partition coefficient (Wildman–Crippen LogP) is 7.93. The Hall–Kier alpha value is -1.30. The Morgan fingerprint density at radius 2 is 1.02 bits per heavy atom. The molecule has 0 aromatic rings. The summed E-state index contributed by atoms with van der Waals surface area (Å²) in [5, 5.41) is 40.0. The number of carbonyl (C=O) groups is 2. The van der Waals surface area contributed by atoms with Crippen molar-refractivity contribution in [3.8, 4) is 0 Å². The minimum Gasteiger partial charge on any atom is -0.462 e. The lowest BCUT2D eigenvalue weighted by atomic mass is 9.99. The molecule has 0 radical (unpaired) electrons. The Balaban J connectivity index is 2.37. The van der Waals surface area contributed by atoms with Crippen LogP contribution in [-0.4, -0.2) is 89.0 Å². The van der Waals surface area contributed by atoms with Gasteiger partial charge in [0, 0.05) is 12.8 Å². The number of aliphatic hydroxyl groups is 4. The molecular formula is C41H78O10. The van der Waals surface area contributed by atoms with Crippen molar-refractivity contribution in [2.24, 2.45) is 11.8 Å². The second-order valence-corrected chi connectivity index (χ2v) is 15.3. The van der Waals surface area contributed by atoms with Gasteiger partial charge in [0.15, 0.2) is 12.4 Å². The van der Waals surface area contributed by atoms with E-state index in [4.69, 9.17) is 18.9 Å². The second kappa shape index (κ2) is 31.1. The van der Waals surface area contributed by atoms with E-state index in [1.165, 1.54) is 96.3 Å². The topological polar surface area (TPSA) is 152 Å². The van der Waals surface area contributed by atoms with E-state index in [1.807, 2.05) is 0 Å². The van der Waals surface area contributed by atoms with Gasteiger partial charge in [-0.2, -0.15) is 0 Å². The van der Waals surface area contributed by atoms with E-state index in [0.29, 0.717) is 6.42 Å². The smallest absolute Gasteiger partial charge is 0.306 e. The Morgan fingerprint density at radius 3 is 1.47 bits per heavy atom. The third-order valence-electron chi connectivity index (χ3n) is 10.6. The molecule has 1 heterocycles. The van der Waals surface area contributed by atoms with Gasteiger partial charge in [0.25, 0.3) is 0 Å². The summed E-state index contributed by atoms with van der Waals surface area (Å²) >= 11 is 0. The highest BCUT2D eigenvalue weighted by molar-refractivity contribution is 5.70. The van der Waals surface area contributed by atoms with E-state index >= 15 is 0 Å². The fourth-order valence-corrected chi connectivity index (χ4v) is 6.43. The molecular weight excluding hydrogens is 652 g/mol. The van der Waals surface area contributed by atoms with Crippen molar-refractivity contribution in [2.75, 3.05) is 19.8 Å². The zero-order valence-corrected chi connectivity index (χ0v) is 32.9. The lowest BCUT2D eigenvalue weighted by Gasteiger charge is -2.39. The molecule has 1 aliphatic heterocycles. The van der Waals surface area contributed by atoms with Crippen LogP contribution in [0.15, 0.2) is 0 Å². The van der Waals surface area contributed by atoms with Gasteiger partial charge in [0.1, 0.15) is 31.0 Å².